The number of rotatable bonds is 11. The lowest BCUT2D eigenvalue weighted by molar-refractivity contribution is 0.0519. The van der Waals surface area contributed by atoms with Gasteiger partial charge in [-0.15, -0.1) is 0 Å². The van der Waals surface area contributed by atoms with E-state index in [1.807, 2.05) is 12.1 Å². The van der Waals surface area contributed by atoms with Crippen LogP contribution < -0.4 is 9.64 Å². The van der Waals surface area contributed by atoms with E-state index in [0.717, 1.165) is 68.0 Å². The van der Waals surface area contributed by atoms with Crippen molar-refractivity contribution in [3.63, 3.8) is 0 Å². The molecule has 1 spiro atoms. The number of allylic oxidation sites excluding steroid dienone is 1. The molecule has 54 heavy (non-hydrogen) atoms. The molecule has 1 aliphatic heterocycles. The van der Waals surface area contributed by atoms with Crippen LogP contribution in [0.5, 0.6) is 5.75 Å². The van der Waals surface area contributed by atoms with Crippen molar-refractivity contribution in [3.8, 4) is 5.75 Å². The van der Waals surface area contributed by atoms with Gasteiger partial charge in [-0.1, -0.05) is 50.6 Å². The average molecular weight is 793 g/mol. The summed E-state index contributed by atoms with van der Waals surface area (Å²) >= 11 is 6.48. The molecular formula is C42H54ClN3O6SSi. The molecule has 0 radical (unpaired) electrons. The van der Waals surface area contributed by atoms with Crippen LogP contribution in [0.1, 0.15) is 80.8 Å². The van der Waals surface area contributed by atoms with Crippen molar-refractivity contribution in [1.29, 1.82) is 0 Å². The van der Waals surface area contributed by atoms with Gasteiger partial charge in [0.05, 0.1) is 29.7 Å². The Bertz CT molecular complexity index is 2000. The van der Waals surface area contributed by atoms with Crippen LogP contribution in [0.3, 0.4) is 0 Å². The standard InChI is InChI=1S/C42H54ClN3O6SSi/c1-41(2,3)54(4,5)52-37(17-12-28-9-10-32(28)25-53(49,50)40-44-20-7-21-45-40)34-15-11-31(34)24-46-26-42(19-6-8-29-22-33(43)14-16-35(29)42)27-51-38-18-13-30(39(47)48)23-36(38)46/h7,12-14,16-18,20-23,28,31-32,34,37H,6,8-11,15,19,24-27H2,1-5H3,(H,47,48)/b17-12-/t28-,31+,32-,34-,37?,42?/m1/s1. The number of sulfone groups is 1. The molecule has 2 heterocycles. The summed E-state index contributed by atoms with van der Waals surface area (Å²) < 4.78 is 40.2. The van der Waals surface area contributed by atoms with Crippen molar-refractivity contribution in [2.24, 2.45) is 23.7 Å². The van der Waals surface area contributed by atoms with Crippen molar-refractivity contribution in [2.75, 3.05) is 30.3 Å². The van der Waals surface area contributed by atoms with Crippen LogP contribution in [0.25, 0.3) is 0 Å². The van der Waals surface area contributed by atoms with E-state index in [0.29, 0.717) is 19.1 Å². The van der Waals surface area contributed by atoms with Crippen LogP contribution >= 0.6 is 11.6 Å². The highest BCUT2D eigenvalue weighted by atomic mass is 35.5. The molecule has 9 nitrogen and oxygen atoms in total. The number of hydrogen-bond acceptors (Lipinski definition) is 8. The van der Waals surface area contributed by atoms with Gasteiger partial charge in [-0.3, -0.25) is 0 Å². The molecule has 0 amide bonds. The maximum absolute atomic E-state index is 13.2. The maximum Gasteiger partial charge on any atom is 0.335 e. The molecule has 4 aliphatic rings. The number of hydrogen-bond donors (Lipinski definition) is 1. The van der Waals surface area contributed by atoms with Crippen molar-refractivity contribution in [2.45, 2.75) is 101 Å². The summed E-state index contributed by atoms with van der Waals surface area (Å²) in [6.45, 7) is 13.4. The van der Waals surface area contributed by atoms with Gasteiger partial charge in [0.1, 0.15) is 5.75 Å². The molecule has 12 heteroatoms. The first kappa shape index (κ1) is 39.0. The summed E-state index contributed by atoms with van der Waals surface area (Å²) in [5, 5.41) is 10.7. The third-order valence-electron chi connectivity index (χ3n) is 13.2. The van der Waals surface area contributed by atoms with Crippen LogP contribution in [0.2, 0.25) is 23.2 Å². The number of fused-ring (bicyclic) bond motifs is 3. The Balaban J connectivity index is 1.17. The van der Waals surface area contributed by atoms with Gasteiger partial charge < -0.3 is 19.2 Å². The Morgan fingerprint density at radius 1 is 1.11 bits per heavy atom. The van der Waals surface area contributed by atoms with E-state index in [1.165, 1.54) is 23.5 Å². The van der Waals surface area contributed by atoms with Crippen LogP contribution in [0.15, 0.2) is 72.2 Å². The fraction of sp³-hybridized carbons (Fsp3) is 0.548. The zero-order valence-electron chi connectivity index (χ0n) is 32.1. The summed E-state index contributed by atoms with van der Waals surface area (Å²) in [7, 11) is -5.78. The number of anilines is 1. The van der Waals surface area contributed by atoms with Crippen molar-refractivity contribution < 1.29 is 27.5 Å². The summed E-state index contributed by atoms with van der Waals surface area (Å²) in [5.74, 6) is 0.536. The number of aromatic nitrogens is 2. The molecule has 0 bridgehead atoms. The molecule has 3 aromatic rings. The minimum atomic E-state index is -3.58. The van der Waals surface area contributed by atoms with E-state index in [9.17, 15) is 18.3 Å². The molecule has 2 unspecified atom stereocenters. The Morgan fingerprint density at radius 3 is 2.54 bits per heavy atom. The molecule has 0 saturated heterocycles. The fourth-order valence-corrected chi connectivity index (χ4v) is 11.7. The van der Waals surface area contributed by atoms with Gasteiger partial charge in [-0.2, -0.15) is 0 Å². The molecule has 6 atom stereocenters. The van der Waals surface area contributed by atoms with Gasteiger partial charge in [0.25, 0.3) is 0 Å². The van der Waals surface area contributed by atoms with Gasteiger partial charge in [0, 0.05) is 35.9 Å². The number of aromatic carboxylic acids is 1. The van der Waals surface area contributed by atoms with Crippen LogP contribution in [0.4, 0.5) is 5.69 Å². The molecular weight excluding hydrogens is 738 g/mol. The maximum atomic E-state index is 13.2. The van der Waals surface area contributed by atoms with E-state index in [2.05, 4.69) is 73.0 Å². The number of carbonyl (C=O) groups is 1. The second-order valence-electron chi connectivity index (χ2n) is 17.6. The highest BCUT2D eigenvalue weighted by Crippen LogP contribution is 2.49. The first-order valence-electron chi connectivity index (χ1n) is 19.5. The number of halogens is 1. The minimum Gasteiger partial charge on any atom is -0.490 e. The number of aryl methyl sites for hydroxylation is 1. The molecule has 7 rings (SSSR count). The highest BCUT2D eigenvalue weighted by Gasteiger charge is 2.47. The largest absolute Gasteiger partial charge is 0.490 e. The average Bonchev–Trinajstić information content (AvgIpc) is 3.25. The molecule has 1 aromatic heterocycles. The van der Waals surface area contributed by atoms with Gasteiger partial charge in [-0.25, -0.2) is 23.2 Å². The predicted octanol–water partition coefficient (Wildman–Crippen LogP) is 8.77. The molecule has 2 fully saturated rings. The second-order valence-corrected chi connectivity index (χ2v) is 24.8. The Morgan fingerprint density at radius 2 is 1.87 bits per heavy atom. The summed E-state index contributed by atoms with van der Waals surface area (Å²) in [6.07, 6.45) is 14.2. The summed E-state index contributed by atoms with van der Waals surface area (Å²) in [4.78, 5) is 22.7. The minimum absolute atomic E-state index is 0.0129. The zero-order valence-corrected chi connectivity index (χ0v) is 34.7. The second kappa shape index (κ2) is 15.0. The van der Waals surface area contributed by atoms with Gasteiger partial charge in [0.15, 0.2) is 8.32 Å². The summed E-state index contributed by atoms with van der Waals surface area (Å²) in [6, 6.07) is 13.1. The van der Waals surface area contributed by atoms with E-state index < -0.39 is 24.1 Å². The van der Waals surface area contributed by atoms with Gasteiger partial charge in [-0.05, 0) is 134 Å². The summed E-state index contributed by atoms with van der Waals surface area (Å²) in [5.41, 5.74) is 3.36. The number of nitrogens with zero attached hydrogens (tertiary/aromatic N) is 3. The third-order valence-corrected chi connectivity index (χ3v) is 19.5. The quantitative estimate of drug-likeness (QED) is 0.116. The normalized spacial score (nSPS) is 26.2. The number of carboxylic acids is 1. The Kier molecular flexibility index (Phi) is 10.8. The lowest BCUT2D eigenvalue weighted by Gasteiger charge is -2.48. The van der Waals surface area contributed by atoms with Crippen molar-refractivity contribution in [1.82, 2.24) is 9.97 Å². The van der Waals surface area contributed by atoms with Gasteiger partial charge in [0.2, 0.25) is 15.0 Å². The van der Waals surface area contributed by atoms with E-state index in [1.54, 1.807) is 18.2 Å². The highest BCUT2D eigenvalue weighted by molar-refractivity contribution is 7.91. The van der Waals surface area contributed by atoms with Crippen LogP contribution in [-0.2, 0) is 26.1 Å². The zero-order chi connectivity index (χ0) is 38.5. The molecule has 2 saturated carbocycles. The van der Waals surface area contributed by atoms with E-state index in [-0.39, 0.29) is 50.8 Å². The Labute approximate surface area is 326 Å². The number of benzene rings is 2. The van der Waals surface area contributed by atoms with Crippen LogP contribution in [-0.4, -0.2) is 69.3 Å². The predicted molar refractivity (Wildman–Crippen MR) is 215 cm³/mol. The first-order chi connectivity index (χ1) is 25.6. The van der Waals surface area contributed by atoms with E-state index in [4.69, 9.17) is 20.8 Å². The molecule has 1 N–H and O–H groups in total. The lowest BCUT2D eigenvalue weighted by atomic mass is 9.68. The first-order valence-corrected chi connectivity index (χ1v) is 24.4. The SMILES string of the molecule is CC(C)(C)[Si](C)(C)OC(/C=C\[C@H]1CC[C@@H]1CS(=O)(=O)c1ncccn1)[C@@H]1CC[C@H]1CN1CC2(CCCc3cc(Cl)ccc32)COc2ccc(C(=O)O)cc21. The monoisotopic (exact) mass is 791 g/mol. The Hall–Kier alpha value is -3.25. The van der Waals surface area contributed by atoms with Crippen molar-refractivity contribution in [3.05, 3.63) is 88.7 Å². The van der Waals surface area contributed by atoms with Crippen LogP contribution in [0, 0.1) is 23.7 Å². The lowest BCUT2D eigenvalue weighted by Crippen LogP contribution is -2.52. The van der Waals surface area contributed by atoms with E-state index >= 15 is 0 Å². The molecule has 2 aromatic carbocycles. The molecule has 3 aliphatic carbocycles. The fourth-order valence-electron chi connectivity index (χ4n) is 8.68. The smallest absolute Gasteiger partial charge is 0.335 e. The number of carboxylic acid groups (broad SMARTS) is 1. The third kappa shape index (κ3) is 7.88. The molecule has 290 valence electrons. The number of ether oxygens (including phenoxy) is 1. The van der Waals surface area contributed by atoms with Gasteiger partial charge >= 0.3 is 5.97 Å². The van der Waals surface area contributed by atoms with Crippen molar-refractivity contribution >= 4 is 41.4 Å². The topological polar surface area (TPSA) is 119 Å².